The van der Waals surface area contributed by atoms with Gasteiger partial charge in [-0.1, -0.05) is 12.1 Å². The smallest absolute Gasteiger partial charge is 0.410 e. The Morgan fingerprint density at radius 1 is 1.21 bits per heavy atom. The topological polar surface area (TPSA) is 76.1 Å². The lowest BCUT2D eigenvalue weighted by Crippen LogP contribution is -2.40. The van der Waals surface area contributed by atoms with E-state index in [2.05, 4.69) is 4.74 Å². The maximum absolute atomic E-state index is 14.1. The van der Waals surface area contributed by atoms with E-state index < -0.39 is 30.5 Å². The van der Waals surface area contributed by atoms with E-state index in [1.807, 2.05) is 0 Å². The maximum Gasteiger partial charge on any atom is 0.410 e. The number of ether oxygens (including phenoxy) is 2. The quantitative estimate of drug-likeness (QED) is 0.783. The summed E-state index contributed by atoms with van der Waals surface area (Å²) in [5, 5.41) is 9.79. The Balaban J connectivity index is 2.74. The van der Waals surface area contributed by atoms with Gasteiger partial charge in [0.1, 0.15) is 5.75 Å². The minimum Gasteiger partial charge on any atom is -0.497 e. The number of aliphatic hydroxyl groups is 1. The first-order chi connectivity index (χ1) is 11.3. The Morgan fingerprint density at radius 2 is 1.75 bits per heavy atom. The fourth-order valence-electron chi connectivity index (χ4n) is 1.94. The van der Waals surface area contributed by atoms with Crippen molar-refractivity contribution in [2.24, 2.45) is 0 Å². The molecule has 0 spiro atoms. The lowest BCUT2D eigenvalue weighted by Gasteiger charge is -2.23. The normalized spacial score (nSPS) is 12.4. The molecule has 0 aliphatic rings. The summed E-state index contributed by atoms with van der Waals surface area (Å²) in [5.74, 6) is -5.34. The molecule has 1 aromatic carbocycles. The van der Waals surface area contributed by atoms with Gasteiger partial charge in [-0.15, -0.1) is 0 Å². The molecule has 6 nitrogen and oxygen atoms in total. The van der Waals surface area contributed by atoms with Crippen LogP contribution in [0.1, 0.15) is 25.5 Å². The fraction of sp³-hybridized carbons (Fsp3) is 0.500. The molecule has 0 aliphatic heterocycles. The van der Waals surface area contributed by atoms with E-state index in [0.29, 0.717) is 18.8 Å². The summed E-state index contributed by atoms with van der Waals surface area (Å²) in [4.78, 5) is 24.5. The number of carbonyl (C=O) groups is 2. The van der Waals surface area contributed by atoms with Gasteiger partial charge in [-0.2, -0.15) is 8.78 Å². The second-order valence-corrected chi connectivity index (χ2v) is 4.95. The summed E-state index contributed by atoms with van der Waals surface area (Å²) in [6, 6.07) is 5.23. The van der Waals surface area contributed by atoms with Crippen LogP contribution in [0.2, 0.25) is 0 Å². The molecule has 0 aliphatic carbocycles. The number of halogens is 2. The van der Waals surface area contributed by atoms with Crippen molar-refractivity contribution >= 4 is 11.9 Å². The molecule has 1 unspecified atom stereocenters. The molecule has 0 radical (unpaired) electrons. The molecule has 1 N–H and O–H groups in total. The third kappa shape index (κ3) is 4.64. The molecule has 1 atom stereocenters. The molecule has 24 heavy (non-hydrogen) atoms. The average molecular weight is 345 g/mol. The van der Waals surface area contributed by atoms with Gasteiger partial charge in [-0.25, -0.2) is 4.79 Å². The van der Waals surface area contributed by atoms with Gasteiger partial charge >= 0.3 is 12.0 Å². The monoisotopic (exact) mass is 345 g/mol. The fourth-order valence-corrected chi connectivity index (χ4v) is 1.94. The van der Waals surface area contributed by atoms with Gasteiger partial charge in [0.2, 0.25) is 5.78 Å². The summed E-state index contributed by atoms with van der Waals surface area (Å²) >= 11 is 0. The van der Waals surface area contributed by atoms with Crippen molar-refractivity contribution in [3.63, 3.8) is 0 Å². The summed E-state index contributed by atoms with van der Waals surface area (Å²) in [7, 11) is 1.41. The van der Waals surface area contributed by atoms with Crippen LogP contribution in [0, 0.1) is 0 Å². The molecule has 0 fully saturated rings. The first kappa shape index (κ1) is 19.8. The van der Waals surface area contributed by atoms with Crippen LogP contribution in [0.25, 0.3) is 0 Å². The SMILES string of the molecule is CCN(CC)C(=O)OCC(=O)C(F)(F)C(O)c1ccc(OC)cc1. The van der Waals surface area contributed by atoms with Gasteiger partial charge < -0.3 is 19.5 Å². The molecule has 1 aromatic rings. The highest BCUT2D eigenvalue weighted by atomic mass is 19.3. The second-order valence-electron chi connectivity index (χ2n) is 4.95. The molecule has 8 heteroatoms. The molecule has 0 heterocycles. The van der Waals surface area contributed by atoms with Gasteiger partial charge in [-0.05, 0) is 31.5 Å². The van der Waals surface area contributed by atoms with Crippen LogP contribution < -0.4 is 4.74 Å². The summed E-state index contributed by atoms with van der Waals surface area (Å²) in [6.07, 6.45) is -3.20. The van der Waals surface area contributed by atoms with Gasteiger partial charge in [-0.3, -0.25) is 4.79 Å². The molecule has 0 aromatic heterocycles. The largest absolute Gasteiger partial charge is 0.497 e. The first-order valence-corrected chi connectivity index (χ1v) is 7.42. The standard InChI is InChI=1S/C16H21F2NO5/c1-4-19(5-2)15(22)24-10-13(20)16(17,18)14(21)11-6-8-12(23-3)9-7-11/h6-9,14,21H,4-5,10H2,1-3H3. The van der Waals surface area contributed by atoms with E-state index in [-0.39, 0.29) is 5.56 Å². The third-order valence-corrected chi connectivity index (χ3v) is 3.50. The van der Waals surface area contributed by atoms with Crippen molar-refractivity contribution in [2.45, 2.75) is 25.9 Å². The van der Waals surface area contributed by atoms with Gasteiger partial charge in [0, 0.05) is 13.1 Å². The molecule has 1 amide bonds. The second kappa shape index (κ2) is 8.58. The van der Waals surface area contributed by atoms with Gasteiger partial charge in [0.15, 0.2) is 12.7 Å². The third-order valence-electron chi connectivity index (χ3n) is 3.50. The lowest BCUT2D eigenvalue weighted by atomic mass is 10.0. The van der Waals surface area contributed by atoms with Crippen molar-refractivity contribution in [3.05, 3.63) is 29.8 Å². The van der Waals surface area contributed by atoms with Crippen molar-refractivity contribution < 1.29 is 33.0 Å². The predicted octanol–water partition coefficient (Wildman–Crippen LogP) is 2.41. The number of alkyl halides is 2. The molecular formula is C16H21F2NO5. The summed E-state index contributed by atoms with van der Waals surface area (Å²) < 4.78 is 37.6. The molecule has 0 saturated carbocycles. The Morgan fingerprint density at radius 3 is 2.21 bits per heavy atom. The number of nitrogens with zero attached hydrogens (tertiary/aromatic N) is 1. The Hall–Kier alpha value is -2.22. The van der Waals surface area contributed by atoms with Crippen LogP contribution in [0.3, 0.4) is 0 Å². The van der Waals surface area contributed by atoms with Crippen LogP contribution in [-0.2, 0) is 9.53 Å². The van der Waals surface area contributed by atoms with E-state index in [9.17, 15) is 23.5 Å². The number of methoxy groups -OCH3 is 1. The Labute approximate surface area is 139 Å². The number of hydrogen-bond acceptors (Lipinski definition) is 5. The van der Waals surface area contributed by atoms with Crippen LogP contribution in [0.4, 0.5) is 13.6 Å². The zero-order valence-electron chi connectivity index (χ0n) is 13.8. The van der Waals surface area contributed by atoms with E-state index in [0.717, 1.165) is 0 Å². The molecule has 0 bridgehead atoms. The Kier molecular flexibility index (Phi) is 7.09. The van der Waals surface area contributed by atoms with Gasteiger partial charge in [0.05, 0.1) is 7.11 Å². The number of hydrogen-bond donors (Lipinski definition) is 1. The lowest BCUT2D eigenvalue weighted by molar-refractivity contribution is -0.164. The molecule has 1 rings (SSSR count). The van der Waals surface area contributed by atoms with Crippen molar-refractivity contribution in [1.82, 2.24) is 4.90 Å². The first-order valence-electron chi connectivity index (χ1n) is 7.42. The van der Waals surface area contributed by atoms with Crippen LogP contribution in [-0.4, -0.2) is 54.6 Å². The predicted molar refractivity (Wildman–Crippen MR) is 82.2 cm³/mol. The van der Waals surface area contributed by atoms with Crippen molar-refractivity contribution in [3.8, 4) is 5.75 Å². The van der Waals surface area contributed by atoms with E-state index in [4.69, 9.17) is 4.74 Å². The number of Topliss-reactive ketones (excluding diaryl/α,β-unsaturated/α-hetero) is 1. The van der Waals surface area contributed by atoms with Gasteiger partial charge in [0.25, 0.3) is 0 Å². The highest BCUT2D eigenvalue weighted by Gasteiger charge is 2.47. The zero-order chi connectivity index (χ0) is 18.3. The van der Waals surface area contributed by atoms with E-state index in [1.165, 1.54) is 36.3 Å². The number of benzene rings is 1. The summed E-state index contributed by atoms with van der Waals surface area (Å²) in [6.45, 7) is 2.92. The average Bonchev–Trinajstić information content (AvgIpc) is 2.59. The number of carbonyl (C=O) groups excluding carboxylic acids is 2. The zero-order valence-corrected chi connectivity index (χ0v) is 13.8. The highest BCUT2D eigenvalue weighted by molar-refractivity contribution is 5.89. The minimum atomic E-state index is -4.09. The minimum absolute atomic E-state index is 0.149. The molecule has 134 valence electrons. The summed E-state index contributed by atoms with van der Waals surface area (Å²) in [5.41, 5.74) is -0.149. The Bertz CT molecular complexity index is 558. The van der Waals surface area contributed by atoms with Crippen LogP contribution >= 0.6 is 0 Å². The number of aliphatic hydroxyl groups excluding tert-OH is 1. The van der Waals surface area contributed by atoms with Crippen molar-refractivity contribution in [1.29, 1.82) is 0 Å². The van der Waals surface area contributed by atoms with Crippen LogP contribution in [0.15, 0.2) is 24.3 Å². The molecular weight excluding hydrogens is 324 g/mol. The van der Waals surface area contributed by atoms with E-state index >= 15 is 0 Å². The number of ketones is 1. The number of rotatable bonds is 8. The molecule has 0 saturated heterocycles. The van der Waals surface area contributed by atoms with Crippen LogP contribution in [0.5, 0.6) is 5.75 Å². The van der Waals surface area contributed by atoms with Crippen molar-refractivity contribution in [2.75, 3.05) is 26.8 Å². The number of amides is 1. The maximum atomic E-state index is 14.1. The van der Waals surface area contributed by atoms with E-state index in [1.54, 1.807) is 13.8 Å². The highest BCUT2D eigenvalue weighted by Crippen LogP contribution is 2.33.